The first-order valence-corrected chi connectivity index (χ1v) is 7.18. The van der Waals surface area contributed by atoms with E-state index in [1.807, 2.05) is 13.8 Å². The number of unbranched alkanes of at least 4 members (excludes halogenated alkanes) is 2. The number of imide groups is 1. The van der Waals surface area contributed by atoms with Gasteiger partial charge in [0.1, 0.15) is 0 Å². The first kappa shape index (κ1) is 14.7. The van der Waals surface area contributed by atoms with E-state index >= 15 is 0 Å². The summed E-state index contributed by atoms with van der Waals surface area (Å²) in [6, 6.07) is 7.01. The number of carbonyl (C=O) groups excluding carboxylic acids is 2. The summed E-state index contributed by atoms with van der Waals surface area (Å²) in [6.45, 7) is 5.26. The smallest absolute Gasteiger partial charge is 0.261 e. The molecule has 0 bridgehead atoms. The number of rotatable bonds is 7. The van der Waals surface area contributed by atoms with E-state index in [1.54, 1.807) is 24.3 Å². The van der Waals surface area contributed by atoms with Crippen molar-refractivity contribution in [1.29, 1.82) is 0 Å². The highest BCUT2D eigenvalue weighted by molar-refractivity contribution is 6.21. The zero-order chi connectivity index (χ0) is 14.5. The van der Waals surface area contributed by atoms with Crippen LogP contribution < -0.4 is 0 Å². The lowest BCUT2D eigenvalue weighted by molar-refractivity contribution is 0.0642. The summed E-state index contributed by atoms with van der Waals surface area (Å²) in [5.41, 5.74) is 1.06. The second-order valence-electron chi connectivity index (χ2n) is 5.29. The van der Waals surface area contributed by atoms with Crippen LogP contribution in [0.2, 0.25) is 0 Å². The molecule has 1 aliphatic heterocycles. The largest absolute Gasteiger partial charge is 0.379 e. The molecule has 0 aliphatic carbocycles. The highest BCUT2D eigenvalue weighted by Gasteiger charge is 2.34. The molecule has 0 N–H and O–H groups in total. The lowest BCUT2D eigenvalue weighted by atomic mass is 10.1. The molecule has 0 saturated carbocycles. The maximum absolute atomic E-state index is 12.1. The van der Waals surface area contributed by atoms with Crippen LogP contribution in [0.5, 0.6) is 0 Å². The molecule has 1 aromatic rings. The number of hydrogen-bond acceptors (Lipinski definition) is 3. The summed E-state index contributed by atoms with van der Waals surface area (Å²) in [5.74, 6) is -0.326. The monoisotopic (exact) mass is 275 g/mol. The van der Waals surface area contributed by atoms with Gasteiger partial charge in [0, 0.05) is 13.2 Å². The quantitative estimate of drug-likeness (QED) is 0.568. The first-order chi connectivity index (χ1) is 9.61. The van der Waals surface area contributed by atoms with Gasteiger partial charge < -0.3 is 4.74 Å². The van der Waals surface area contributed by atoms with Crippen molar-refractivity contribution in [3.8, 4) is 0 Å². The van der Waals surface area contributed by atoms with E-state index in [0.29, 0.717) is 17.7 Å². The number of amides is 2. The Morgan fingerprint density at radius 3 is 2.15 bits per heavy atom. The third-order valence-electron chi connectivity index (χ3n) is 3.36. The number of nitrogens with zero attached hydrogens (tertiary/aromatic N) is 1. The molecule has 0 aromatic heterocycles. The summed E-state index contributed by atoms with van der Waals surface area (Å²) in [7, 11) is 0. The highest BCUT2D eigenvalue weighted by Crippen LogP contribution is 2.22. The lowest BCUT2D eigenvalue weighted by Crippen LogP contribution is -2.30. The molecule has 0 saturated heterocycles. The van der Waals surface area contributed by atoms with E-state index in [-0.39, 0.29) is 17.9 Å². The third-order valence-corrected chi connectivity index (χ3v) is 3.36. The van der Waals surface area contributed by atoms with Crippen molar-refractivity contribution in [2.45, 2.75) is 39.2 Å². The van der Waals surface area contributed by atoms with Crippen LogP contribution in [0, 0.1) is 0 Å². The topological polar surface area (TPSA) is 46.6 Å². The lowest BCUT2D eigenvalue weighted by Gasteiger charge is -2.13. The van der Waals surface area contributed by atoms with E-state index in [1.165, 1.54) is 4.90 Å². The van der Waals surface area contributed by atoms with Crippen molar-refractivity contribution in [1.82, 2.24) is 4.90 Å². The van der Waals surface area contributed by atoms with Crippen LogP contribution in [0.4, 0.5) is 0 Å². The molecule has 2 rings (SSSR count). The van der Waals surface area contributed by atoms with Gasteiger partial charge in [-0.2, -0.15) is 0 Å². The van der Waals surface area contributed by atoms with Gasteiger partial charge in [-0.15, -0.1) is 0 Å². The van der Waals surface area contributed by atoms with Gasteiger partial charge in [-0.05, 0) is 45.2 Å². The predicted octanol–water partition coefficient (Wildman–Crippen LogP) is 2.88. The highest BCUT2D eigenvalue weighted by atomic mass is 16.5. The van der Waals surface area contributed by atoms with Gasteiger partial charge in [0.15, 0.2) is 0 Å². The second-order valence-corrected chi connectivity index (χ2v) is 5.29. The van der Waals surface area contributed by atoms with Gasteiger partial charge in [0.25, 0.3) is 11.8 Å². The maximum atomic E-state index is 12.1. The Hall–Kier alpha value is -1.68. The van der Waals surface area contributed by atoms with Crippen LogP contribution in [-0.2, 0) is 4.74 Å². The van der Waals surface area contributed by atoms with Crippen molar-refractivity contribution in [2.24, 2.45) is 0 Å². The molecule has 4 heteroatoms. The van der Waals surface area contributed by atoms with Crippen LogP contribution in [-0.4, -0.2) is 36.0 Å². The van der Waals surface area contributed by atoms with E-state index < -0.39 is 0 Å². The van der Waals surface area contributed by atoms with Gasteiger partial charge in [0.05, 0.1) is 17.2 Å². The Bertz CT molecular complexity index is 461. The Balaban J connectivity index is 1.78. The van der Waals surface area contributed by atoms with Crippen LogP contribution in [0.15, 0.2) is 24.3 Å². The minimum atomic E-state index is -0.163. The average Bonchev–Trinajstić information content (AvgIpc) is 2.67. The molecule has 108 valence electrons. The summed E-state index contributed by atoms with van der Waals surface area (Å²) in [6.07, 6.45) is 3.00. The summed E-state index contributed by atoms with van der Waals surface area (Å²) in [5, 5.41) is 0. The van der Waals surface area contributed by atoms with E-state index in [9.17, 15) is 9.59 Å². The molecular formula is C16H21NO3. The van der Waals surface area contributed by atoms with E-state index in [0.717, 1.165) is 25.9 Å². The minimum Gasteiger partial charge on any atom is -0.379 e. The fraction of sp³-hybridized carbons (Fsp3) is 0.500. The molecule has 2 amide bonds. The molecule has 1 aromatic carbocycles. The van der Waals surface area contributed by atoms with E-state index in [4.69, 9.17) is 4.74 Å². The van der Waals surface area contributed by atoms with Gasteiger partial charge in [-0.3, -0.25) is 14.5 Å². The van der Waals surface area contributed by atoms with Crippen LogP contribution in [0.1, 0.15) is 53.8 Å². The summed E-state index contributed by atoms with van der Waals surface area (Å²) < 4.78 is 5.46. The van der Waals surface area contributed by atoms with Gasteiger partial charge in [-0.1, -0.05) is 12.1 Å². The Kier molecular flexibility index (Phi) is 4.90. The van der Waals surface area contributed by atoms with Crippen LogP contribution in [0.3, 0.4) is 0 Å². The van der Waals surface area contributed by atoms with Gasteiger partial charge >= 0.3 is 0 Å². The molecule has 0 fully saturated rings. The number of hydrogen-bond donors (Lipinski definition) is 0. The zero-order valence-electron chi connectivity index (χ0n) is 12.1. The summed E-state index contributed by atoms with van der Waals surface area (Å²) >= 11 is 0. The number of ether oxygens (including phenoxy) is 1. The predicted molar refractivity (Wildman–Crippen MR) is 76.7 cm³/mol. The molecule has 0 spiro atoms. The standard InChI is InChI=1S/C16H21NO3/c1-12(2)20-11-7-3-6-10-17-15(18)13-8-4-5-9-14(13)16(17)19/h4-5,8-9,12H,3,6-7,10-11H2,1-2H3. The van der Waals surface area contributed by atoms with Crippen molar-refractivity contribution < 1.29 is 14.3 Å². The fourth-order valence-corrected chi connectivity index (χ4v) is 2.31. The second kappa shape index (κ2) is 6.66. The normalized spacial score (nSPS) is 14.2. The molecule has 0 atom stereocenters. The molecule has 0 radical (unpaired) electrons. The number of fused-ring (bicyclic) bond motifs is 1. The third kappa shape index (κ3) is 3.25. The molecule has 4 nitrogen and oxygen atoms in total. The fourth-order valence-electron chi connectivity index (χ4n) is 2.31. The minimum absolute atomic E-state index is 0.163. The van der Waals surface area contributed by atoms with Crippen molar-refractivity contribution >= 4 is 11.8 Å². The Morgan fingerprint density at radius 2 is 1.60 bits per heavy atom. The molecule has 20 heavy (non-hydrogen) atoms. The van der Waals surface area contributed by atoms with Crippen molar-refractivity contribution in [2.75, 3.05) is 13.2 Å². The molecule has 1 aliphatic rings. The molecule has 1 heterocycles. The zero-order valence-corrected chi connectivity index (χ0v) is 12.1. The Morgan fingerprint density at radius 1 is 1.00 bits per heavy atom. The molecule has 0 unspecified atom stereocenters. The number of benzene rings is 1. The van der Waals surface area contributed by atoms with Crippen LogP contribution >= 0.6 is 0 Å². The van der Waals surface area contributed by atoms with Gasteiger partial charge in [0.2, 0.25) is 0 Å². The van der Waals surface area contributed by atoms with E-state index in [2.05, 4.69) is 0 Å². The van der Waals surface area contributed by atoms with Crippen molar-refractivity contribution in [3.05, 3.63) is 35.4 Å². The SMILES string of the molecule is CC(C)OCCCCCN1C(=O)c2ccccc2C1=O. The maximum Gasteiger partial charge on any atom is 0.261 e. The first-order valence-electron chi connectivity index (χ1n) is 7.18. The van der Waals surface area contributed by atoms with Crippen LogP contribution in [0.25, 0.3) is 0 Å². The molecular weight excluding hydrogens is 254 g/mol. The summed E-state index contributed by atoms with van der Waals surface area (Å²) in [4.78, 5) is 25.5. The van der Waals surface area contributed by atoms with Gasteiger partial charge in [-0.25, -0.2) is 0 Å². The Labute approximate surface area is 119 Å². The van der Waals surface area contributed by atoms with Crippen molar-refractivity contribution in [3.63, 3.8) is 0 Å². The average molecular weight is 275 g/mol. The number of carbonyl (C=O) groups is 2.